The van der Waals surface area contributed by atoms with Gasteiger partial charge in [0.1, 0.15) is 0 Å². The summed E-state index contributed by atoms with van der Waals surface area (Å²) >= 11 is 0. The van der Waals surface area contributed by atoms with Crippen LogP contribution in [-0.4, -0.2) is 30.4 Å². The van der Waals surface area contributed by atoms with Gasteiger partial charge in [0.05, 0.1) is 12.1 Å². The molecule has 3 aliphatic rings. The Labute approximate surface area is 141 Å². The molecule has 0 radical (unpaired) electrons. The smallest absolute Gasteiger partial charge is 0.231 e. The second-order valence-electron chi connectivity index (χ2n) is 6.27. The van der Waals surface area contributed by atoms with Crippen molar-refractivity contribution in [3.05, 3.63) is 47.0 Å². The van der Waals surface area contributed by atoms with E-state index < -0.39 is 6.10 Å². The molecule has 0 saturated carbocycles. The van der Waals surface area contributed by atoms with E-state index in [0.717, 1.165) is 41.2 Å². The summed E-state index contributed by atoms with van der Waals surface area (Å²) in [6, 6.07) is 10.2. The molecular formula is C18H18ClNO3. The molecule has 23 heavy (non-hydrogen) atoms. The molecule has 0 bridgehead atoms. The van der Waals surface area contributed by atoms with Crippen molar-refractivity contribution in [3.8, 4) is 22.6 Å². The molecule has 5 rings (SSSR count). The van der Waals surface area contributed by atoms with Crippen LogP contribution in [0.3, 0.4) is 0 Å². The van der Waals surface area contributed by atoms with Crippen molar-refractivity contribution >= 4 is 12.4 Å². The first kappa shape index (κ1) is 14.8. The van der Waals surface area contributed by atoms with Gasteiger partial charge >= 0.3 is 0 Å². The van der Waals surface area contributed by atoms with Gasteiger partial charge in [-0.3, -0.25) is 4.90 Å². The second-order valence-corrected chi connectivity index (χ2v) is 6.27. The third kappa shape index (κ3) is 1.86. The number of nitrogens with zero attached hydrogens (tertiary/aromatic N) is 1. The zero-order valence-corrected chi connectivity index (χ0v) is 13.6. The number of hydrogen-bond acceptors (Lipinski definition) is 4. The van der Waals surface area contributed by atoms with E-state index >= 15 is 0 Å². The number of benzene rings is 2. The molecule has 5 heteroatoms. The first-order valence-electron chi connectivity index (χ1n) is 7.68. The van der Waals surface area contributed by atoms with Crippen LogP contribution in [0.5, 0.6) is 11.5 Å². The Kier molecular flexibility index (Phi) is 3.30. The Morgan fingerprint density at radius 1 is 1.22 bits per heavy atom. The monoisotopic (exact) mass is 331 g/mol. The average Bonchev–Trinajstić information content (AvgIpc) is 3.00. The van der Waals surface area contributed by atoms with Crippen LogP contribution in [0.25, 0.3) is 11.1 Å². The number of likely N-dealkylation sites (N-methyl/N-ethyl adjacent to an activating group) is 1. The maximum atomic E-state index is 10.9. The van der Waals surface area contributed by atoms with Crippen molar-refractivity contribution < 1.29 is 14.6 Å². The number of aliphatic hydroxyl groups is 1. The normalized spacial score (nSPS) is 23.7. The molecule has 1 N–H and O–H groups in total. The molecular weight excluding hydrogens is 314 g/mol. The van der Waals surface area contributed by atoms with Crippen molar-refractivity contribution in [1.29, 1.82) is 0 Å². The Bertz CT molecular complexity index is 792. The van der Waals surface area contributed by atoms with Gasteiger partial charge in [0, 0.05) is 12.1 Å². The van der Waals surface area contributed by atoms with Gasteiger partial charge in [-0.05, 0) is 41.8 Å². The summed E-state index contributed by atoms with van der Waals surface area (Å²) in [7, 11) is 2.08. The first-order valence-corrected chi connectivity index (χ1v) is 7.68. The Morgan fingerprint density at radius 2 is 2.04 bits per heavy atom. The summed E-state index contributed by atoms with van der Waals surface area (Å²) in [4.78, 5) is 2.24. The molecule has 0 fully saturated rings. The molecule has 0 spiro atoms. The second kappa shape index (κ2) is 5.13. The minimum absolute atomic E-state index is 0. The molecule has 2 aliphatic heterocycles. The highest BCUT2D eigenvalue weighted by Crippen LogP contribution is 2.56. The summed E-state index contributed by atoms with van der Waals surface area (Å²) in [5.41, 5.74) is 5.64. The van der Waals surface area contributed by atoms with E-state index in [9.17, 15) is 5.11 Å². The Balaban J connectivity index is 0.00000135. The van der Waals surface area contributed by atoms with E-state index in [1.54, 1.807) is 0 Å². The zero-order chi connectivity index (χ0) is 14.8. The van der Waals surface area contributed by atoms with Crippen LogP contribution in [0.2, 0.25) is 0 Å². The molecule has 2 aromatic rings. The van der Waals surface area contributed by atoms with Crippen LogP contribution in [0, 0.1) is 0 Å². The standard InChI is InChI=1S/C18H17NO3.ClH/c1-19-7-6-10-8-13-18(22-9-21-13)15-11-4-2-3-5-12(11)17(20)16(19)14(10)15;/h2-5,8,16-17,20H,6-7,9H2,1H3;1H/t16-,17-;/m0./s1. The third-order valence-corrected chi connectivity index (χ3v) is 5.14. The molecule has 0 amide bonds. The highest BCUT2D eigenvalue weighted by atomic mass is 35.5. The Hall–Kier alpha value is -1.75. The van der Waals surface area contributed by atoms with Crippen molar-refractivity contribution in [2.24, 2.45) is 0 Å². The summed E-state index contributed by atoms with van der Waals surface area (Å²) in [5.74, 6) is 1.67. The topological polar surface area (TPSA) is 41.9 Å². The van der Waals surface area contributed by atoms with Gasteiger partial charge in [0.15, 0.2) is 11.5 Å². The van der Waals surface area contributed by atoms with Crippen LogP contribution in [-0.2, 0) is 6.42 Å². The molecule has 2 aromatic carbocycles. The van der Waals surface area contributed by atoms with Gasteiger partial charge in [-0.25, -0.2) is 0 Å². The van der Waals surface area contributed by atoms with Crippen LogP contribution in [0.1, 0.15) is 28.8 Å². The Morgan fingerprint density at radius 3 is 2.91 bits per heavy atom. The quantitative estimate of drug-likeness (QED) is 0.805. The fourth-order valence-electron chi connectivity index (χ4n) is 4.13. The maximum Gasteiger partial charge on any atom is 0.231 e. The van der Waals surface area contributed by atoms with Crippen molar-refractivity contribution in [1.82, 2.24) is 4.90 Å². The van der Waals surface area contributed by atoms with E-state index in [1.165, 1.54) is 11.1 Å². The number of hydrogen-bond donors (Lipinski definition) is 1. The van der Waals surface area contributed by atoms with Crippen LogP contribution in [0.15, 0.2) is 30.3 Å². The van der Waals surface area contributed by atoms with Crippen molar-refractivity contribution in [3.63, 3.8) is 0 Å². The van der Waals surface area contributed by atoms with Gasteiger partial charge in [0.25, 0.3) is 0 Å². The lowest BCUT2D eigenvalue weighted by Crippen LogP contribution is -2.38. The van der Waals surface area contributed by atoms with Gasteiger partial charge in [0.2, 0.25) is 6.79 Å². The van der Waals surface area contributed by atoms with Gasteiger partial charge < -0.3 is 14.6 Å². The molecule has 0 aromatic heterocycles. The lowest BCUT2D eigenvalue weighted by atomic mass is 9.75. The first-order chi connectivity index (χ1) is 10.8. The van der Waals surface area contributed by atoms with Crippen molar-refractivity contribution in [2.45, 2.75) is 18.6 Å². The van der Waals surface area contributed by atoms with Crippen LogP contribution < -0.4 is 9.47 Å². The molecule has 1 aliphatic carbocycles. The molecule has 0 saturated heterocycles. The number of ether oxygens (including phenoxy) is 2. The SMILES string of the molecule is CN1CCc2cc3c(c4c2[C@H]1[C@@H](O)c1ccccc1-4)OCO3.Cl. The number of halogens is 1. The van der Waals surface area contributed by atoms with Gasteiger partial charge in [-0.15, -0.1) is 12.4 Å². The largest absolute Gasteiger partial charge is 0.454 e. The van der Waals surface area contributed by atoms with Gasteiger partial charge in [-0.2, -0.15) is 0 Å². The fourth-order valence-corrected chi connectivity index (χ4v) is 4.13. The summed E-state index contributed by atoms with van der Waals surface area (Å²) in [6.45, 7) is 1.21. The van der Waals surface area contributed by atoms with E-state index in [4.69, 9.17) is 9.47 Å². The number of aliphatic hydroxyl groups excluding tert-OH is 1. The highest BCUT2D eigenvalue weighted by molar-refractivity contribution is 5.85. The number of rotatable bonds is 0. The minimum atomic E-state index is -0.506. The summed E-state index contributed by atoms with van der Waals surface area (Å²) in [6.07, 6.45) is 0.467. The molecule has 4 nitrogen and oxygen atoms in total. The average molecular weight is 332 g/mol. The molecule has 120 valence electrons. The zero-order valence-electron chi connectivity index (χ0n) is 12.8. The van der Waals surface area contributed by atoms with Crippen LogP contribution in [0.4, 0.5) is 0 Å². The van der Waals surface area contributed by atoms with Gasteiger partial charge in [-0.1, -0.05) is 24.3 Å². The summed E-state index contributed by atoms with van der Waals surface area (Å²) in [5, 5.41) is 10.9. The molecule has 2 atom stereocenters. The van der Waals surface area contributed by atoms with E-state index in [2.05, 4.69) is 24.1 Å². The van der Waals surface area contributed by atoms with E-state index in [0.29, 0.717) is 0 Å². The van der Waals surface area contributed by atoms with E-state index in [-0.39, 0.29) is 25.2 Å². The van der Waals surface area contributed by atoms with Crippen molar-refractivity contribution in [2.75, 3.05) is 20.4 Å². The molecule has 0 unspecified atom stereocenters. The maximum absolute atomic E-state index is 10.9. The fraction of sp³-hybridized carbons (Fsp3) is 0.333. The van der Waals surface area contributed by atoms with E-state index in [1.807, 2.05) is 18.2 Å². The lowest BCUT2D eigenvalue weighted by molar-refractivity contribution is 0.0543. The predicted octanol–water partition coefficient (Wildman–Crippen LogP) is 3.08. The number of fused-ring (bicyclic) bond motifs is 4. The molecule has 2 heterocycles. The highest BCUT2D eigenvalue weighted by Gasteiger charge is 2.42. The minimum Gasteiger partial charge on any atom is -0.454 e. The van der Waals surface area contributed by atoms with Crippen LogP contribution >= 0.6 is 12.4 Å². The lowest BCUT2D eigenvalue weighted by Gasteiger charge is -2.42. The summed E-state index contributed by atoms with van der Waals surface area (Å²) < 4.78 is 11.4. The third-order valence-electron chi connectivity index (χ3n) is 5.14. The predicted molar refractivity (Wildman–Crippen MR) is 89.3 cm³/mol.